The first-order valence-electron chi connectivity index (χ1n) is 6.51. The van der Waals surface area contributed by atoms with Crippen LogP contribution in [0, 0.1) is 5.82 Å². The number of para-hydroxylation sites is 1. The molecule has 0 unspecified atom stereocenters. The molecule has 0 radical (unpaired) electrons. The molecule has 104 valence electrons. The molecule has 1 heterocycles. The zero-order valence-electron chi connectivity index (χ0n) is 10.7. The molecule has 0 spiro atoms. The average Bonchev–Trinajstić information content (AvgIpc) is 2.92. The summed E-state index contributed by atoms with van der Waals surface area (Å²) in [5.41, 5.74) is 0. The van der Waals surface area contributed by atoms with Gasteiger partial charge in [-0.15, -0.1) is 0 Å². The normalized spacial score (nSPS) is 18.3. The van der Waals surface area contributed by atoms with Gasteiger partial charge in [0.1, 0.15) is 0 Å². The molecule has 1 N–H and O–H groups in total. The van der Waals surface area contributed by atoms with Crippen molar-refractivity contribution in [2.75, 3.05) is 19.8 Å². The van der Waals surface area contributed by atoms with Crippen molar-refractivity contribution in [1.82, 2.24) is 5.32 Å². The number of nitrogens with one attached hydrogen (secondary N) is 1. The van der Waals surface area contributed by atoms with Crippen molar-refractivity contribution < 1.29 is 18.7 Å². The van der Waals surface area contributed by atoms with Gasteiger partial charge in [-0.3, -0.25) is 4.79 Å². The predicted octanol–water partition coefficient (Wildman–Crippen LogP) is 1.89. The Morgan fingerprint density at radius 1 is 1.47 bits per heavy atom. The highest BCUT2D eigenvalue weighted by molar-refractivity contribution is 5.76. The Balaban J connectivity index is 1.62. The summed E-state index contributed by atoms with van der Waals surface area (Å²) in [5, 5.41) is 2.79. The van der Waals surface area contributed by atoms with E-state index >= 15 is 0 Å². The lowest BCUT2D eigenvalue weighted by atomic mass is 10.2. The number of ether oxygens (including phenoxy) is 2. The third-order valence-corrected chi connectivity index (χ3v) is 2.97. The number of benzene rings is 1. The standard InChI is InChI=1S/C14H18FNO3/c15-12-5-1-2-6-13(12)19-9-7-14(17)16-10-11-4-3-8-18-11/h1-2,5-6,11H,3-4,7-10H2,(H,16,17)/t11-/m1/s1. The van der Waals surface area contributed by atoms with Crippen molar-refractivity contribution in [2.45, 2.75) is 25.4 Å². The maximum absolute atomic E-state index is 13.2. The van der Waals surface area contributed by atoms with Crippen LogP contribution in [0.1, 0.15) is 19.3 Å². The largest absolute Gasteiger partial charge is 0.490 e. The van der Waals surface area contributed by atoms with Crippen LogP contribution in [0.4, 0.5) is 4.39 Å². The van der Waals surface area contributed by atoms with Gasteiger partial charge >= 0.3 is 0 Å². The molecule has 1 aromatic rings. The molecule has 19 heavy (non-hydrogen) atoms. The molecule has 5 heteroatoms. The van der Waals surface area contributed by atoms with E-state index in [9.17, 15) is 9.18 Å². The Hall–Kier alpha value is -1.62. The quantitative estimate of drug-likeness (QED) is 0.856. The van der Waals surface area contributed by atoms with Crippen molar-refractivity contribution in [3.05, 3.63) is 30.1 Å². The van der Waals surface area contributed by atoms with Crippen molar-refractivity contribution in [1.29, 1.82) is 0 Å². The number of hydrogen-bond acceptors (Lipinski definition) is 3. The number of carbonyl (C=O) groups is 1. The monoisotopic (exact) mass is 267 g/mol. The molecule has 1 amide bonds. The fraction of sp³-hybridized carbons (Fsp3) is 0.500. The second-order valence-corrected chi connectivity index (χ2v) is 4.47. The topological polar surface area (TPSA) is 47.6 Å². The van der Waals surface area contributed by atoms with Crippen molar-refractivity contribution in [3.63, 3.8) is 0 Å². The molecule has 2 rings (SSSR count). The number of rotatable bonds is 6. The third-order valence-electron chi connectivity index (χ3n) is 2.97. The van der Waals surface area contributed by atoms with Crippen LogP contribution in [0.2, 0.25) is 0 Å². The van der Waals surface area contributed by atoms with Gasteiger partial charge in [0.15, 0.2) is 11.6 Å². The van der Waals surface area contributed by atoms with E-state index in [0.717, 1.165) is 19.4 Å². The smallest absolute Gasteiger partial charge is 0.223 e. The molecule has 1 atom stereocenters. The van der Waals surface area contributed by atoms with Gasteiger partial charge in [0.2, 0.25) is 5.91 Å². The van der Waals surface area contributed by atoms with Gasteiger partial charge in [-0.05, 0) is 25.0 Å². The van der Waals surface area contributed by atoms with Gasteiger partial charge in [0.05, 0.1) is 19.1 Å². The van der Waals surface area contributed by atoms with E-state index < -0.39 is 5.82 Å². The Bertz CT molecular complexity index is 419. The zero-order valence-corrected chi connectivity index (χ0v) is 10.7. The number of amides is 1. The van der Waals surface area contributed by atoms with Crippen LogP contribution < -0.4 is 10.1 Å². The molecule has 4 nitrogen and oxygen atoms in total. The Labute approximate surface area is 111 Å². The number of carbonyl (C=O) groups excluding carboxylic acids is 1. The summed E-state index contributed by atoms with van der Waals surface area (Å²) in [6, 6.07) is 6.15. The molecule has 0 bridgehead atoms. The summed E-state index contributed by atoms with van der Waals surface area (Å²) in [4.78, 5) is 11.5. The fourth-order valence-corrected chi connectivity index (χ4v) is 1.94. The lowest BCUT2D eigenvalue weighted by Gasteiger charge is -2.11. The fourth-order valence-electron chi connectivity index (χ4n) is 1.94. The lowest BCUT2D eigenvalue weighted by molar-refractivity contribution is -0.122. The average molecular weight is 267 g/mol. The van der Waals surface area contributed by atoms with Crippen LogP contribution >= 0.6 is 0 Å². The first kappa shape index (κ1) is 13.8. The second kappa shape index (κ2) is 7.09. The SMILES string of the molecule is O=C(CCOc1ccccc1F)NC[C@H]1CCCO1. The summed E-state index contributed by atoms with van der Waals surface area (Å²) < 4.78 is 23.8. The summed E-state index contributed by atoms with van der Waals surface area (Å²) in [7, 11) is 0. The van der Waals surface area contributed by atoms with Gasteiger partial charge in [0, 0.05) is 13.2 Å². The lowest BCUT2D eigenvalue weighted by Crippen LogP contribution is -2.32. The van der Waals surface area contributed by atoms with Gasteiger partial charge in [-0.1, -0.05) is 12.1 Å². The van der Waals surface area contributed by atoms with Crippen molar-refractivity contribution >= 4 is 5.91 Å². The summed E-state index contributed by atoms with van der Waals surface area (Å²) in [6.07, 6.45) is 2.39. The van der Waals surface area contributed by atoms with E-state index in [1.54, 1.807) is 18.2 Å². The molecule has 1 aromatic carbocycles. The first-order valence-corrected chi connectivity index (χ1v) is 6.51. The minimum atomic E-state index is -0.415. The minimum Gasteiger partial charge on any atom is -0.490 e. The van der Waals surface area contributed by atoms with E-state index in [-0.39, 0.29) is 30.8 Å². The van der Waals surface area contributed by atoms with Gasteiger partial charge in [-0.25, -0.2) is 4.39 Å². The minimum absolute atomic E-state index is 0.105. The van der Waals surface area contributed by atoms with E-state index in [0.29, 0.717) is 6.54 Å². The van der Waals surface area contributed by atoms with Crippen LogP contribution in [-0.2, 0) is 9.53 Å². The molecule has 0 saturated carbocycles. The summed E-state index contributed by atoms with van der Waals surface area (Å²) in [5.74, 6) is -0.344. The molecule has 1 fully saturated rings. The van der Waals surface area contributed by atoms with Gasteiger partial charge in [-0.2, -0.15) is 0 Å². The van der Waals surface area contributed by atoms with Gasteiger partial charge < -0.3 is 14.8 Å². The highest BCUT2D eigenvalue weighted by Crippen LogP contribution is 2.15. The van der Waals surface area contributed by atoms with E-state index in [1.165, 1.54) is 6.07 Å². The Morgan fingerprint density at radius 3 is 3.05 bits per heavy atom. The van der Waals surface area contributed by atoms with Crippen LogP contribution in [0.25, 0.3) is 0 Å². The van der Waals surface area contributed by atoms with E-state index in [1.807, 2.05) is 0 Å². The molecule has 1 aliphatic heterocycles. The summed E-state index contributed by atoms with van der Waals surface area (Å²) in [6.45, 7) is 1.48. The number of hydrogen-bond donors (Lipinski definition) is 1. The maximum atomic E-state index is 13.2. The number of halogens is 1. The van der Waals surface area contributed by atoms with Crippen LogP contribution in [0.5, 0.6) is 5.75 Å². The maximum Gasteiger partial charge on any atom is 0.223 e. The van der Waals surface area contributed by atoms with E-state index in [2.05, 4.69) is 5.32 Å². The molecular formula is C14H18FNO3. The molecule has 1 aliphatic rings. The van der Waals surface area contributed by atoms with Crippen molar-refractivity contribution in [3.8, 4) is 5.75 Å². The van der Waals surface area contributed by atoms with Gasteiger partial charge in [0.25, 0.3) is 0 Å². The molecule has 1 saturated heterocycles. The highest BCUT2D eigenvalue weighted by Gasteiger charge is 2.16. The Morgan fingerprint density at radius 2 is 2.32 bits per heavy atom. The van der Waals surface area contributed by atoms with E-state index in [4.69, 9.17) is 9.47 Å². The zero-order chi connectivity index (χ0) is 13.5. The van der Waals surface area contributed by atoms with Crippen molar-refractivity contribution in [2.24, 2.45) is 0 Å². The highest BCUT2D eigenvalue weighted by atomic mass is 19.1. The van der Waals surface area contributed by atoms with Crippen LogP contribution in [-0.4, -0.2) is 31.8 Å². The second-order valence-electron chi connectivity index (χ2n) is 4.47. The first-order chi connectivity index (χ1) is 9.25. The molecular weight excluding hydrogens is 249 g/mol. The third kappa shape index (κ3) is 4.52. The predicted molar refractivity (Wildman–Crippen MR) is 68.5 cm³/mol. The van der Waals surface area contributed by atoms with Crippen LogP contribution in [0.15, 0.2) is 24.3 Å². The molecule has 0 aliphatic carbocycles. The summed E-state index contributed by atoms with van der Waals surface area (Å²) >= 11 is 0. The Kier molecular flexibility index (Phi) is 5.15. The van der Waals surface area contributed by atoms with Crippen LogP contribution in [0.3, 0.4) is 0 Å². The molecule has 0 aromatic heterocycles.